The van der Waals surface area contributed by atoms with Gasteiger partial charge in [0.15, 0.2) is 0 Å². The van der Waals surface area contributed by atoms with Crippen molar-refractivity contribution in [3.63, 3.8) is 0 Å². The number of aliphatic hydroxyl groups is 1. The van der Waals surface area contributed by atoms with E-state index in [-0.39, 0.29) is 23.6 Å². The van der Waals surface area contributed by atoms with Crippen LogP contribution in [0.1, 0.15) is 40.2 Å². The number of β-amino-alcohol motifs (C(OH)–C–C–N with tert-alkyl or cyclic N) is 1. The first-order chi connectivity index (χ1) is 17.8. The number of fused-ring (bicyclic) bond motifs is 1. The van der Waals surface area contributed by atoms with Crippen LogP contribution in [0.25, 0.3) is 22.8 Å². The summed E-state index contributed by atoms with van der Waals surface area (Å²) in [6, 6.07) is 10.0. The van der Waals surface area contributed by atoms with E-state index in [0.717, 1.165) is 32.0 Å². The van der Waals surface area contributed by atoms with Gasteiger partial charge >= 0.3 is 0 Å². The molecule has 1 unspecified atom stereocenters. The molecule has 2 aliphatic heterocycles. The van der Waals surface area contributed by atoms with E-state index in [0.29, 0.717) is 40.3 Å². The standard InChI is InChI=1S/C28H28F2N4O3/c1-16-11-21(27(36)31-14-18(35)15-34-9-2-3-10-34)25(32-16)13-22-26-20(5-4-6-24(26)33-28(22)37)19-8-7-17(29)12-23(19)30/h4-8,11-13,18,32,35H,2-3,9-10,14-15H2,1H3,(H,31,36)(H,33,37). The van der Waals surface area contributed by atoms with Gasteiger partial charge in [0.25, 0.3) is 11.8 Å². The Labute approximate surface area is 213 Å². The lowest BCUT2D eigenvalue weighted by Gasteiger charge is -2.19. The first-order valence-corrected chi connectivity index (χ1v) is 12.3. The maximum atomic E-state index is 14.7. The van der Waals surface area contributed by atoms with Crippen molar-refractivity contribution in [2.24, 2.45) is 0 Å². The lowest BCUT2D eigenvalue weighted by atomic mass is 9.93. The second-order valence-electron chi connectivity index (χ2n) is 9.52. The largest absolute Gasteiger partial charge is 0.390 e. The van der Waals surface area contributed by atoms with Gasteiger partial charge in [0.05, 0.1) is 22.9 Å². The average Bonchev–Trinajstić information content (AvgIpc) is 3.57. The summed E-state index contributed by atoms with van der Waals surface area (Å²) in [6.07, 6.45) is 3.11. The number of anilines is 1. The number of aromatic nitrogens is 1. The number of aromatic amines is 1. The van der Waals surface area contributed by atoms with E-state index in [1.807, 2.05) is 0 Å². The first kappa shape index (κ1) is 24.9. The fourth-order valence-electron chi connectivity index (χ4n) is 5.01. The molecule has 1 aromatic heterocycles. The van der Waals surface area contributed by atoms with Crippen molar-refractivity contribution in [1.82, 2.24) is 15.2 Å². The molecule has 4 N–H and O–H groups in total. The van der Waals surface area contributed by atoms with Crippen LogP contribution in [0.5, 0.6) is 0 Å². The monoisotopic (exact) mass is 506 g/mol. The number of nitrogens with zero attached hydrogens (tertiary/aromatic N) is 1. The number of carbonyl (C=O) groups excluding carboxylic acids is 2. The molecule has 1 fully saturated rings. The molecular formula is C28H28F2N4O3. The molecule has 2 amide bonds. The van der Waals surface area contributed by atoms with Gasteiger partial charge in [-0.05, 0) is 68.8 Å². The Morgan fingerprint density at radius 3 is 2.70 bits per heavy atom. The fraction of sp³-hybridized carbons (Fsp3) is 0.286. The molecule has 2 aliphatic rings. The predicted molar refractivity (Wildman–Crippen MR) is 138 cm³/mol. The van der Waals surface area contributed by atoms with Crippen LogP contribution in [0, 0.1) is 18.6 Å². The molecule has 3 aromatic rings. The molecule has 2 aromatic carbocycles. The van der Waals surface area contributed by atoms with Crippen molar-refractivity contribution in [3.05, 3.63) is 76.6 Å². The summed E-state index contributed by atoms with van der Waals surface area (Å²) >= 11 is 0. The van der Waals surface area contributed by atoms with Crippen LogP contribution in [0.2, 0.25) is 0 Å². The van der Waals surface area contributed by atoms with Crippen LogP contribution in [0.3, 0.4) is 0 Å². The second kappa shape index (κ2) is 10.3. The van der Waals surface area contributed by atoms with E-state index in [1.165, 1.54) is 12.1 Å². The number of likely N-dealkylation sites (tertiary alicyclic amines) is 1. The number of H-pyrrole nitrogens is 1. The minimum absolute atomic E-state index is 0.104. The molecule has 0 radical (unpaired) electrons. The van der Waals surface area contributed by atoms with Crippen LogP contribution in [0.15, 0.2) is 42.5 Å². The highest BCUT2D eigenvalue weighted by Gasteiger charge is 2.29. The number of nitrogens with one attached hydrogen (secondary N) is 3. The molecule has 5 rings (SSSR count). The van der Waals surface area contributed by atoms with Crippen molar-refractivity contribution >= 4 is 29.2 Å². The lowest BCUT2D eigenvalue weighted by Crippen LogP contribution is -2.39. The highest BCUT2D eigenvalue weighted by molar-refractivity contribution is 6.36. The van der Waals surface area contributed by atoms with Gasteiger partial charge in [0, 0.05) is 41.7 Å². The Morgan fingerprint density at radius 2 is 1.95 bits per heavy atom. The summed E-state index contributed by atoms with van der Waals surface area (Å²) in [5.41, 5.74) is 3.26. The van der Waals surface area contributed by atoms with Gasteiger partial charge in [-0.25, -0.2) is 8.78 Å². The summed E-state index contributed by atoms with van der Waals surface area (Å²) in [4.78, 5) is 31.2. The molecule has 192 valence electrons. The van der Waals surface area contributed by atoms with Crippen LogP contribution < -0.4 is 10.6 Å². The fourth-order valence-corrected chi connectivity index (χ4v) is 5.01. The van der Waals surface area contributed by atoms with E-state index >= 15 is 0 Å². The second-order valence-corrected chi connectivity index (χ2v) is 9.52. The molecule has 7 nitrogen and oxygen atoms in total. The van der Waals surface area contributed by atoms with Gasteiger partial charge in [0.1, 0.15) is 11.6 Å². The number of carbonyl (C=O) groups is 2. The average molecular weight is 507 g/mol. The van der Waals surface area contributed by atoms with E-state index in [4.69, 9.17) is 0 Å². The van der Waals surface area contributed by atoms with E-state index in [9.17, 15) is 23.5 Å². The van der Waals surface area contributed by atoms with Crippen molar-refractivity contribution < 1.29 is 23.5 Å². The molecule has 0 aliphatic carbocycles. The maximum absolute atomic E-state index is 14.7. The Morgan fingerprint density at radius 1 is 1.16 bits per heavy atom. The highest BCUT2D eigenvalue weighted by atomic mass is 19.1. The van der Waals surface area contributed by atoms with Crippen molar-refractivity contribution in [2.45, 2.75) is 25.9 Å². The summed E-state index contributed by atoms with van der Waals surface area (Å²) in [5, 5.41) is 15.9. The zero-order valence-corrected chi connectivity index (χ0v) is 20.4. The molecular weight excluding hydrogens is 478 g/mol. The minimum Gasteiger partial charge on any atom is -0.390 e. The van der Waals surface area contributed by atoms with Gasteiger partial charge in [0.2, 0.25) is 0 Å². The zero-order valence-electron chi connectivity index (χ0n) is 20.4. The predicted octanol–water partition coefficient (Wildman–Crippen LogP) is 3.95. The Hall–Kier alpha value is -3.82. The third kappa shape index (κ3) is 5.19. The Bertz CT molecular complexity index is 1390. The highest BCUT2D eigenvalue weighted by Crippen LogP contribution is 2.41. The van der Waals surface area contributed by atoms with Crippen molar-refractivity contribution in [2.75, 3.05) is 31.5 Å². The van der Waals surface area contributed by atoms with Gasteiger partial charge in [-0.1, -0.05) is 12.1 Å². The smallest absolute Gasteiger partial charge is 0.256 e. The normalized spacial score (nSPS) is 17.2. The van der Waals surface area contributed by atoms with Gasteiger partial charge in [-0.15, -0.1) is 0 Å². The zero-order chi connectivity index (χ0) is 26.1. The minimum atomic E-state index is -0.740. The maximum Gasteiger partial charge on any atom is 0.256 e. The Kier molecular flexibility index (Phi) is 6.90. The number of amides is 2. The number of hydrogen-bond donors (Lipinski definition) is 4. The number of benzene rings is 2. The molecule has 0 spiro atoms. The number of aliphatic hydroxyl groups excluding tert-OH is 1. The van der Waals surface area contributed by atoms with Crippen LogP contribution in [-0.2, 0) is 4.79 Å². The molecule has 37 heavy (non-hydrogen) atoms. The molecule has 3 heterocycles. The van der Waals surface area contributed by atoms with Crippen molar-refractivity contribution in [3.8, 4) is 11.1 Å². The van der Waals surface area contributed by atoms with Crippen LogP contribution in [-0.4, -0.2) is 59.1 Å². The number of rotatable bonds is 7. The summed E-state index contributed by atoms with van der Waals surface area (Å²) < 4.78 is 28.2. The first-order valence-electron chi connectivity index (χ1n) is 12.3. The van der Waals surface area contributed by atoms with E-state index in [2.05, 4.69) is 20.5 Å². The molecule has 0 bridgehead atoms. The van der Waals surface area contributed by atoms with E-state index < -0.39 is 23.6 Å². The molecule has 0 saturated carbocycles. The quantitative estimate of drug-likeness (QED) is 0.365. The SMILES string of the molecule is Cc1cc(C(=O)NCC(O)CN2CCCC2)c(C=C2C(=O)Nc3cccc(-c4ccc(F)cc4F)c32)[nH]1. The van der Waals surface area contributed by atoms with Gasteiger partial charge < -0.3 is 25.6 Å². The molecule has 1 atom stereocenters. The van der Waals surface area contributed by atoms with Crippen LogP contribution in [0.4, 0.5) is 14.5 Å². The lowest BCUT2D eigenvalue weighted by molar-refractivity contribution is -0.110. The number of aryl methyl sites for hydroxylation is 1. The van der Waals surface area contributed by atoms with Gasteiger partial charge in [-0.2, -0.15) is 0 Å². The summed E-state index contributed by atoms with van der Waals surface area (Å²) in [6.45, 7) is 4.30. The molecule has 9 heteroatoms. The Balaban J connectivity index is 1.43. The third-order valence-corrected chi connectivity index (χ3v) is 6.73. The topological polar surface area (TPSA) is 97.5 Å². The summed E-state index contributed by atoms with van der Waals surface area (Å²) in [5.74, 6) is -2.21. The number of hydrogen-bond acceptors (Lipinski definition) is 4. The number of halogens is 2. The molecule has 1 saturated heterocycles. The summed E-state index contributed by atoms with van der Waals surface area (Å²) in [7, 11) is 0. The van der Waals surface area contributed by atoms with Crippen LogP contribution >= 0.6 is 0 Å². The van der Waals surface area contributed by atoms with Gasteiger partial charge in [-0.3, -0.25) is 9.59 Å². The third-order valence-electron chi connectivity index (χ3n) is 6.73. The van der Waals surface area contributed by atoms with Crippen molar-refractivity contribution in [1.29, 1.82) is 0 Å². The van der Waals surface area contributed by atoms with E-state index in [1.54, 1.807) is 37.3 Å².